The molecule has 0 saturated carbocycles. The number of rotatable bonds is 6. The highest BCUT2D eigenvalue weighted by Crippen LogP contribution is 2.27. The molecule has 0 aliphatic carbocycles. The van der Waals surface area contributed by atoms with Crippen molar-refractivity contribution in [1.29, 1.82) is 0 Å². The first-order chi connectivity index (χ1) is 10.8. The Bertz CT molecular complexity index is 611. The summed E-state index contributed by atoms with van der Waals surface area (Å²) in [6.45, 7) is 5.09. The Morgan fingerprint density at radius 3 is 2.78 bits per heavy atom. The van der Waals surface area contributed by atoms with E-state index in [-0.39, 0.29) is 17.9 Å². The lowest BCUT2D eigenvalue weighted by Gasteiger charge is -2.31. The molecule has 0 spiro atoms. The average molecular weight is 359 g/mol. The van der Waals surface area contributed by atoms with E-state index in [9.17, 15) is 13.2 Å². The van der Waals surface area contributed by atoms with Gasteiger partial charge < -0.3 is 5.32 Å². The number of thiophene rings is 1. The van der Waals surface area contributed by atoms with Crippen molar-refractivity contribution in [2.75, 3.05) is 19.3 Å². The summed E-state index contributed by atoms with van der Waals surface area (Å²) in [5.41, 5.74) is 0. The highest BCUT2D eigenvalue weighted by atomic mass is 32.2. The molecule has 1 fully saturated rings. The van der Waals surface area contributed by atoms with Crippen LogP contribution in [0.3, 0.4) is 0 Å². The minimum atomic E-state index is -3.23. The molecule has 0 radical (unpaired) electrons. The number of carbonyl (C=O) groups is 1. The van der Waals surface area contributed by atoms with Gasteiger partial charge in [-0.15, -0.1) is 11.3 Å². The van der Waals surface area contributed by atoms with Crippen LogP contribution in [0.25, 0.3) is 0 Å². The molecule has 0 aromatic carbocycles. The molecule has 1 saturated heterocycles. The lowest BCUT2D eigenvalue weighted by Crippen LogP contribution is -2.45. The van der Waals surface area contributed by atoms with Gasteiger partial charge in [-0.2, -0.15) is 0 Å². The molecular weight excluding hydrogens is 332 g/mol. The third kappa shape index (κ3) is 5.29. The fraction of sp³-hybridized carbons (Fsp3) is 0.688. The molecule has 1 aromatic heterocycles. The zero-order valence-corrected chi connectivity index (χ0v) is 15.6. The maximum Gasteiger partial charge on any atom is 0.224 e. The van der Waals surface area contributed by atoms with Crippen LogP contribution in [0, 0.1) is 11.8 Å². The van der Waals surface area contributed by atoms with Crippen molar-refractivity contribution >= 4 is 27.3 Å². The minimum absolute atomic E-state index is 0.0103. The van der Waals surface area contributed by atoms with Crippen LogP contribution in [0.5, 0.6) is 0 Å². The standard InChI is InChI=1S/C16H26N2O3S2/c1-12(2)10-14(15-7-5-9-22-15)17-16(19)13-6-4-8-18(11-13)23(3,20)21/h5,7,9,12-14H,4,6,8,10-11H2,1-3H3,(H,17,19)/t13-,14+/m1/s1. The predicted molar refractivity (Wildman–Crippen MR) is 93.8 cm³/mol. The number of nitrogens with one attached hydrogen (secondary N) is 1. The quantitative estimate of drug-likeness (QED) is 0.850. The van der Waals surface area contributed by atoms with Gasteiger partial charge in [0.2, 0.25) is 15.9 Å². The van der Waals surface area contributed by atoms with Gasteiger partial charge in [-0.1, -0.05) is 19.9 Å². The van der Waals surface area contributed by atoms with Gasteiger partial charge in [-0.05, 0) is 36.6 Å². The van der Waals surface area contributed by atoms with E-state index in [1.165, 1.54) is 10.6 Å². The van der Waals surface area contributed by atoms with Crippen LogP contribution in [0.4, 0.5) is 0 Å². The van der Waals surface area contributed by atoms with E-state index in [1.54, 1.807) is 11.3 Å². The second-order valence-electron chi connectivity index (χ2n) is 6.67. The summed E-state index contributed by atoms with van der Waals surface area (Å²) >= 11 is 1.65. The van der Waals surface area contributed by atoms with E-state index in [4.69, 9.17) is 0 Å². The van der Waals surface area contributed by atoms with E-state index >= 15 is 0 Å². The molecule has 2 rings (SSSR count). The summed E-state index contributed by atoms with van der Waals surface area (Å²) in [5.74, 6) is 0.187. The third-order valence-electron chi connectivity index (χ3n) is 4.13. The van der Waals surface area contributed by atoms with E-state index in [2.05, 4.69) is 19.2 Å². The number of nitrogens with zero attached hydrogens (tertiary/aromatic N) is 1. The molecule has 1 aromatic rings. The van der Waals surface area contributed by atoms with Gasteiger partial charge in [0.05, 0.1) is 18.2 Å². The molecular formula is C16H26N2O3S2. The Labute approximate surface area is 143 Å². The van der Waals surface area contributed by atoms with Crippen molar-refractivity contribution in [3.8, 4) is 0 Å². The average Bonchev–Trinajstić information content (AvgIpc) is 2.99. The minimum Gasteiger partial charge on any atom is -0.348 e. The first-order valence-electron chi connectivity index (χ1n) is 8.06. The third-order valence-corrected chi connectivity index (χ3v) is 6.39. The highest BCUT2D eigenvalue weighted by Gasteiger charge is 2.31. The molecule has 1 aliphatic rings. The van der Waals surface area contributed by atoms with Crippen molar-refractivity contribution in [2.45, 2.75) is 39.2 Å². The Hall–Kier alpha value is -0.920. The van der Waals surface area contributed by atoms with Crippen LogP contribution >= 0.6 is 11.3 Å². The van der Waals surface area contributed by atoms with Crippen molar-refractivity contribution in [2.24, 2.45) is 11.8 Å². The van der Waals surface area contributed by atoms with Gasteiger partial charge in [-0.25, -0.2) is 12.7 Å². The van der Waals surface area contributed by atoms with Crippen LogP contribution in [-0.2, 0) is 14.8 Å². The van der Waals surface area contributed by atoms with E-state index in [0.29, 0.717) is 19.0 Å². The van der Waals surface area contributed by atoms with Crippen LogP contribution < -0.4 is 5.32 Å². The molecule has 0 unspecified atom stereocenters. The summed E-state index contributed by atoms with van der Waals surface area (Å²) in [6, 6.07) is 4.05. The molecule has 5 nitrogen and oxygen atoms in total. The van der Waals surface area contributed by atoms with Crippen LogP contribution in [0.2, 0.25) is 0 Å². The maximum absolute atomic E-state index is 12.6. The van der Waals surface area contributed by atoms with Crippen LogP contribution in [-0.4, -0.2) is 38.0 Å². The lowest BCUT2D eigenvalue weighted by molar-refractivity contribution is -0.126. The van der Waals surface area contributed by atoms with Crippen molar-refractivity contribution in [3.05, 3.63) is 22.4 Å². The SMILES string of the molecule is CC(C)C[C@H](NC(=O)[C@@H]1CCCN(S(C)(=O)=O)C1)c1cccs1. The van der Waals surface area contributed by atoms with Gasteiger partial charge in [0.25, 0.3) is 0 Å². The number of carbonyl (C=O) groups excluding carboxylic acids is 1. The molecule has 7 heteroatoms. The first-order valence-corrected chi connectivity index (χ1v) is 10.8. The molecule has 130 valence electrons. The number of hydrogen-bond acceptors (Lipinski definition) is 4. The van der Waals surface area contributed by atoms with Crippen LogP contribution in [0.1, 0.15) is 44.0 Å². The highest BCUT2D eigenvalue weighted by molar-refractivity contribution is 7.88. The maximum atomic E-state index is 12.6. The topological polar surface area (TPSA) is 66.5 Å². The van der Waals surface area contributed by atoms with Crippen molar-refractivity contribution in [1.82, 2.24) is 9.62 Å². The van der Waals surface area contributed by atoms with E-state index in [1.807, 2.05) is 17.5 Å². The Morgan fingerprint density at radius 1 is 1.48 bits per heavy atom. The summed E-state index contributed by atoms with van der Waals surface area (Å²) in [7, 11) is -3.23. The molecule has 23 heavy (non-hydrogen) atoms. The van der Waals surface area contributed by atoms with Crippen molar-refractivity contribution in [3.63, 3.8) is 0 Å². The zero-order valence-electron chi connectivity index (χ0n) is 14.0. The fourth-order valence-electron chi connectivity index (χ4n) is 2.95. The molecule has 0 bridgehead atoms. The van der Waals surface area contributed by atoms with E-state index in [0.717, 1.165) is 24.1 Å². The van der Waals surface area contributed by atoms with E-state index < -0.39 is 10.0 Å². The Balaban J connectivity index is 2.03. The summed E-state index contributed by atoms with van der Waals surface area (Å²) < 4.78 is 24.8. The molecule has 1 aliphatic heterocycles. The summed E-state index contributed by atoms with van der Waals surface area (Å²) in [4.78, 5) is 13.8. The zero-order chi connectivity index (χ0) is 17.0. The second kappa shape index (κ2) is 7.77. The number of hydrogen-bond donors (Lipinski definition) is 1. The number of amides is 1. The first kappa shape index (κ1) is 18.4. The van der Waals surface area contributed by atoms with Gasteiger partial charge >= 0.3 is 0 Å². The smallest absolute Gasteiger partial charge is 0.224 e. The molecule has 1 amide bonds. The van der Waals surface area contributed by atoms with Gasteiger partial charge in [-0.3, -0.25) is 4.79 Å². The number of sulfonamides is 1. The molecule has 2 atom stereocenters. The van der Waals surface area contributed by atoms with Crippen LogP contribution in [0.15, 0.2) is 17.5 Å². The second-order valence-corrected chi connectivity index (χ2v) is 9.63. The molecule has 1 N–H and O–H groups in total. The Morgan fingerprint density at radius 2 is 2.22 bits per heavy atom. The normalized spacial score (nSPS) is 21.3. The van der Waals surface area contributed by atoms with Gasteiger partial charge in [0.15, 0.2) is 0 Å². The lowest BCUT2D eigenvalue weighted by atomic mass is 9.97. The fourth-order valence-corrected chi connectivity index (χ4v) is 4.66. The summed E-state index contributed by atoms with van der Waals surface area (Å²) in [5, 5.41) is 5.16. The van der Waals surface area contributed by atoms with Gasteiger partial charge in [0, 0.05) is 18.0 Å². The number of piperidine rings is 1. The largest absolute Gasteiger partial charge is 0.348 e. The monoisotopic (exact) mass is 358 g/mol. The van der Waals surface area contributed by atoms with Crippen molar-refractivity contribution < 1.29 is 13.2 Å². The predicted octanol–water partition coefficient (Wildman–Crippen LogP) is 2.62. The summed E-state index contributed by atoms with van der Waals surface area (Å²) in [6.07, 6.45) is 3.57. The van der Waals surface area contributed by atoms with Gasteiger partial charge in [0.1, 0.15) is 0 Å². The Kier molecular flexibility index (Phi) is 6.22. The molecule has 2 heterocycles.